The highest BCUT2D eigenvalue weighted by atomic mass is 79.9. The number of hydrogen-bond donors (Lipinski definition) is 1. The Balaban J connectivity index is 2.16. The molecule has 1 aromatic carbocycles. The van der Waals surface area contributed by atoms with Crippen molar-refractivity contribution in [2.75, 3.05) is 33.7 Å². The molecule has 1 heterocycles. The number of aliphatic imine (C=N–C) groups is 1. The van der Waals surface area contributed by atoms with Crippen LogP contribution in [0.3, 0.4) is 0 Å². The van der Waals surface area contributed by atoms with E-state index in [4.69, 9.17) is 5.73 Å². The molecule has 0 saturated heterocycles. The fraction of sp³-hybridized carbons (Fsp3) is 0.500. The fourth-order valence-electron chi connectivity index (χ4n) is 2.27. The molecule has 0 amide bonds. The van der Waals surface area contributed by atoms with Gasteiger partial charge in [-0.25, -0.2) is 0 Å². The third-order valence-corrected chi connectivity index (χ3v) is 4.34. The quantitative estimate of drug-likeness (QED) is 0.921. The van der Waals surface area contributed by atoms with Crippen molar-refractivity contribution in [1.29, 1.82) is 0 Å². The summed E-state index contributed by atoms with van der Waals surface area (Å²) in [5.74, 6) is 0.660. The minimum absolute atomic E-state index is 0.270. The Morgan fingerprint density at radius 3 is 2.84 bits per heavy atom. The van der Waals surface area contributed by atoms with E-state index in [2.05, 4.69) is 69.9 Å². The van der Waals surface area contributed by atoms with Crippen LogP contribution in [-0.4, -0.2) is 49.5 Å². The molecule has 1 aliphatic rings. The number of nitrogens with two attached hydrogens (primary N) is 1. The average molecular weight is 325 g/mol. The first-order chi connectivity index (χ1) is 8.99. The molecule has 1 aromatic rings. The maximum Gasteiger partial charge on any atom is 0.191 e. The minimum Gasteiger partial charge on any atom is -0.370 e. The molecular weight excluding hydrogens is 304 g/mol. The van der Waals surface area contributed by atoms with Crippen LogP contribution < -0.4 is 5.73 Å². The third kappa shape index (κ3) is 3.28. The van der Waals surface area contributed by atoms with E-state index in [9.17, 15) is 0 Å². The van der Waals surface area contributed by atoms with Gasteiger partial charge < -0.3 is 15.5 Å². The predicted molar refractivity (Wildman–Crippen MR) is 83.4 cm³/mol. The third-order valence-electron chi connectivity index (χ3n) is 3.45. The number of aryl methyl sites for hydroxylation is 1. The SMILES string of the molecule is Cc1cc(C2CN=C(N)N2CCN(C)C)ccc1Br. The van der Waals surface area contributed by atoms with Gasteiger partial charge in [-0.1, -0.05) is 28.1 Å². The lowest BCUT2D eigenvalue weighted by Gasteiger charge is -2.28. The van der Waals surface area contributed by atoms with Gasteiger partial charge in [-0.3, -0.25) is 4.99 Å². The van der Waals surface area contributed by atoms with Crippen molar-refractivity contribution in [2.45, 2.75) is 13.0 Å². The first kappa shape index (κ1) is 14.3. The Bertz CT molecular complexity index is 484. The van der Waals surface area contributed by atoms with Gasteiger partial charge >= 0.3 is 0 Å². The number of hydrogen-bond acceptors (Lipinski definition) is 4. The molecule has 0 saturated carbocycles. The highest BCUT2D eigenvalue weighted by molar-refractivity contribution is 9.10. The molecule has 0 aromatic heterocycles. The molecule has 0 bridgehead atoms. The Kier molecular flexibility index (Phi) is 4.47. The monoisotopic (exact) mass is 324 g/mol. The first-order valence-corrected chi connectivity index (χ1v) is 7.25. The van der Waals surface area contributed by atoms with Gasteiger partial charge in [0.1, 0.15) is 0 Å². The van der Waals surface area contributed by atoms with Gasteiger partial charge in [0, 0.05) is 17.6 Å². The molecule has 2 N–H and O–H groups in total. The van der Waals surface area contributed by atoms with E-state index >= 15 is 0 Å². The van der Waals surface area contributed by atoms with Crippen molar-refractivity contribution in [2.24, 2.45) is 10.7 Å². The molecule has 1 aliphatic heterocycles. The topological polar surface area (TPSA) is 44.9 Å². The lowest BCUT2D eigenvalue weighted by molar-refractivity contribution is 0.293. The maximum absolute atomic E-state index is 6.01. The zero-order chi connectivity index (χ0) is 14.0. The minimum atomic E-state index is 0.270. The summed E-state index contributed by atoms with van der Waals surface area (Å²) in [6.45, 7) is 4.74. The number of guanidine groups is 1. The van der Waals surface area contributed by atoms with Crippen LogP contribution in [0.25, 0.3) is 0 Å². The Hall–Kier alpha value is -1.07. The second kappa shape index (κ2) is 5.92. The summed E-state index contributed by atoms with van der Waals surface area (Å²) in [6, 6.07) is 6.74. The largest absolute Gasteiger partial charge is 0.370 e. The standard InChI is InChI=1S/C14H21BrN4/c1-10-8-11(4-5-12(10)15)13-9-17-14(16)19(13)7-6-18(2)3/h4-5,8,13H,6-7,9H2,1-3H3,(H2,16,17). The Labute approximate surface area is 123 Å². The van der Waals surface area contributed by atoms with Crippen molar-refractivity contribution in [3.05, 3.63) is 33.8 Å². The van der Waals surface area contributed by atoms with Gasteiger partial charge in [-0.05, 0) is 38.2 Å². The van der Waals surface area contributed by atoms with Crippen LogP contribution in [0.4, 0.5) is 0 Å². The van der Waals surface area contributed by atoms with Crippen molar-refractivity contribution in [1.82, 2.24) is 9.80 Å². The van der Waals surface area contributed by atoms with Crippen molar-refractivity contribution < 1.29 is 0 Å². The van der Waals surface area contributed by atoms with Crippen LogP contribution >= 0.6 is 15.9 Å². The second-order valence-corrected chi connectivity index (χ2v) is 6.07. The van der Waals surface area contributed by atoms with Crippen LogP contribution in [0.1, 0.15) is 17.2 Å². The van der Waals surface area contributed by atoms with E-state index in [-0.39, 0.29) is 6.04 Å². The van der Waals surface area contributed by atoms with Crippen molar-refractivity contribution in [3.8, 4) is 0 Å². The Morgan fingerprint density at radius 2 is 2.21 bits per heavy atom. The fourth-order valence-corrected chi connectivity index (χ4v) is 2.51. The average Bonchev–Trinajstić information content (AvgIpc) is 2.71. The highest BCUT2D eigenvalue weighted by Gasteiger charge is 2.27. The lowest BCUT2D eigenvalue weighted by Crippen LogP contribution is -2.40. The highest BCUT2D eigenvalue weighted by Crippen LogP contribution is 2.28. The van der Waals surface area contributed by atoms with Crippen molar-refractivity contribution >= 4 is 21.9 Å². The summed E-state index contributed by atoms with van der Waals surface area (Å²) >= 11 is 3.54. The molecular formula is C14H21BrN4. The van der Waals surface area contributed by atoms with Crippen LogP contribution in [0.15, 0.2) is 27.7 Å². The molecule has 104 valence electrons. The summed E-state index contributed by atoms with van der Waals surface area (Å²) in [7, 11) is 4.14. The number of nitrogens with zero attached hydrogens (tertiary/aromatic N) is 3. The van der Waals surface area contributed by atoms with Crippen LogP contribution in [0, 0.1) is 6.92 Å². The van der Waals surface area contributed by atoms with Gasteiger partial charge in [0.15, 0.2) is 5.96 Å². The summed E-state index contributed by atoms with van der Waals surface area (Å²) in [6.07, 6.45) is 0. The van der Waals surface area contributed by atoms with Gasteiger partial charge in [-0.15, -0.1) is 0 Å². The van der Waals surface area contributed by atoms with E-state index in [1.165, 1.54) is 11.1 Å². The summed E-state index contributed by atoms with van der Waals surface area (Å²) in [5.41, 5.74) is 8.54. The summed E-state index contributed by atoms with van der Waals surface area (Å²) in [5, 5.41) is 0. The zero-order valence-electron chi connectivity index (χ0n) is 11.7. The molecule has 0 aliphatic carbocycles. The molecule has 5 heteroatoms. The number of benzene rings is 1. The lowest BCUT2D eigenvalue weighted by atomic mass is 10.0. The van der Waals surface area contributed by atoms with Crippen molar-refractivity contribution in [3.63, 3.8) is 0 Å². The zero-order valence-corrected chi connectivity index (χ0v) is 13.3. The summed E-state index contributed by atoms with van der Waals surface area (Å²) in [4.78, 5) is 8.75. The van der Waals surface area contributed by atoms with Gasteiger partial charge in [0.05, 0.1) is 12.6 Å². The number of halogens is 1. The molecule has 0 fully saturated rings. The van der Waals surface area contributed by atoms with Gasteiger partial charge in [-0.2, -0.15) is 0 Å². The molecule has 0 spiro atoms. The second-order valence-electron chi connectivity index (χ2n) is 5.22. The molecule has 0 radical (unpaired) electrons. The molecule has 2 rings (SSSR count). The van der Waals surface area contributed by atoms with Crippen LogP contribution in [0.2, 0.25) is 0 Å². The maximum atomic E-state index is 6.01. The van der Waals surface area contributed by atoms with E-state index in [1.807, 2.05) is 0 Å². The first-order valence-electron chi connectivity index (χ1n) is 6.46. The van der Waals surface area contributed by atoms with E-state index in [1.54, 1.807) is 0 Å². The molecule has 4 nitrogen and oxygen atoms in total. The van der Waals surface area contributed by atoms with E-state index in [0.29, 0.717) is 5.96 Å². The van der Waals surface area contributed by atoms with E-state index in [0.717, 1.165) is 24.1 Å². The molecule has 19 heavy (non-hydrogen) atoms. The Morgan fingerprint density at radius 1 is 1.47 bits per heavy atom. The number of likely N-dealkylation sites (N-methyl/N-ethyl adjacent to an activating group) is 1. The number of rotatable bonds is 4. The van der Waals surface area contributed by atoms with Crippen LogP contribution in [-0.2, 0) is 0 Å². The van der Waals surface area contributed by atoms with Gasteiger partial charge in [0.2, 0.25) is 0 Å². The predicted octanol–water partition coefficient (Wildman–Crippen LogP) is 1.99. The van der Waals surface area contributed by atoms with Gasteiger partial charge in [0.25, 0.3) is 0 Å². The summed E-state index contributed by atoms with van der Waals surface area (Å²) < 4.78 is 1.14. The smallest absolute Gasteiger partial charge is 0.191 e. The van der Waals surface area contributed by atoms with Crippen LogP contribution in [0.5, 0.6) is 0 Å². The molecule has 1 unspecified atom stereocenters. The van der Waals surface area contributed by atoms with E-state index < -0.39 is 0 Å². The molecule has 1 atom stereocenters. The normalized spacial score (nSPS) is 19.1.